The first-order chi connectivity index (χ1) is 11.3. The molecule has 3 rings (SSSR count). The van der Waals surface area contributed by atoms with Gasteiger partial charge >= 0.3 is 0 Å². The molecule has 0 heterocycles. The zero-order valence-corrected chi connectivity index (χ0v) is 15.6. The number of aryl methyl sites for hydroxylation is 4. The zero-order chi connectivity index (χ0) is 17.4. The van der Waals surface area contributed by atoms with Crippen LogP contribution in [0.1, 0.15) is 36.1 Å². The van der Waals surface area contributed by atoms with Crippen molar-refractivity contribution in [3.8, 4) is 22.3 Å². The molecule has 1 heteroatoms. The van der Waals surface area contributed by atoms with E-state index in [1.165, 1.54) is 50.2 Å². The predicted molar refractivity (Wildman–Crippen MR) is 106 cm³/mol. The molecule has 0 amide bonds. The fraction of sp³-hybridized carbons (Fsp3) is 0.304. The van der Waals surface area contributed by atoms with Gasteiger partial charge in [-0.05, 0) is 92.6 Å². The smallest absolute Gasteiger partial charge is 0.0351 e. The molecule has 0 unspecified atom stereocenters. The van der Waals surface area contributed by atoms with E-state index in [1.54, 1.807) is 0 Å². The summed E-state index contributed by atoms with van der Waals surface area (Å²) in [4.78, 5) is 0. The van der Waals surface area contributed by atoms with Crippen LogP contribution < -0.4 is 5.32 Å². The van der Waals surface area contributed by atoms with Crippen LogP contribution in [0.25, 0.3) is 22.3 Å². The Bertz CT molecular complexity index is 858. The van der Waals surface area contributed by atoms with E-state index >= 15 is 0 Å². The lowest BCUT2D eigenvalue weighted by Crippen LogP contribution is -2.09. The van der Waals surface area contributed by atoms with Crippen molar-refractivity contribution >= 4 is 5.69 Å². The minimum atomic E-state index is 0.431. The van der Waals surface area contributed by atoms with Crippen LogP contribution in [0.4, 0.5) is 5.69 Å². The Morgan fingerprint density at radius 2 is 1.33 bits per heavy atom. The van der Waals surface area contributed by atoms with Crippen molar-refractivity contribution in [2.24, 2.45) is 0 Å². The molecule has 24 heavy (non-hydrogen) atoms. The van der Waals surface area contributed by atoms with E-state index in [0.29, 0.717) is 6.04 Å². The third-order valence-electron chi connectivity index (χ3n) is 4.51. The molecule has 1 aromatic carbocycles. The summed E-state index contributed by atoms with van der Waals surface area (Å²) in [5.41, 5.74) is 11.8. The van der Waals surface area contributed by atoms with Gasteiger partial charge in [0.1, 0.15) is 0 Å². The molecule has 1 N–H and O–H groups in total. The third-order valence-corrected chi connectivity index (χ3v) is 4.51. The average Bonchev–Trinajstić information content (AvgIpc) is 2.86. The first-order valence-electron chi connectivity index (χ1n) is 8.74. The van der Waals surface area contributed by atoms with Gasteiger partial charge in [0.25, 0.3) is 0 Å². The van der Waals surface area contributed by atoms with E-state index in [2.05, 4.69) is 89.3 Å². The van der Waals surface area contributed by atoms with E-state index in [1.807, 2.05) is 0 Å². The van der Waals surface area contributed by atoms with Gasteiger partial charge in [-0.1, -0.05) is 35.9 Å². The Hall–Kier alpha value is -2.28. The number of anilines is 1. The maximum atomic E-state index is 3.54. The number of hydrogen-bond acceptors (Lipinski definition) is 1. The standard InChI is InChI=1S/C23H27N/c1-14(2)24-20-12-16(4)11-19(13-20)22-8-7-21-17(5)9-15(3)10-18(6)23(21)22/h7-14,24H,1-6H3. The molecule has 0 radical (unpaired) electrons. The Balaban J connectivity index is 2.21. The molecule has 124 valence electrons. The summed E-state index contributed by atoms with van der Waals surface area (Å²) >= 11 is 0. The van der Waals surface area contributed by atoms with E-state index in [4.69, 9.17) is 0 Å². The predicted octanol–water partition coefficient (Wildman–Crippen LogP) is 6.51. The Labute approximate surface area is 146 Å². The van der Waals surface area contributed by atoms with Crippen molar-refractivity contribution in [2.75, 3.05) is 5.32 Å². The Morgan fingerprint density at radius 1 is 0.708 bits per heavy atom. The molecule has 2 aliphatic carbocycles. The van der Waals surface area contributed by atoms with Crippen LogP contribution in [0.3, 0.4) is 0 Å². The minimum absolute atomic E-state index is 0.431. The van der Waals surface area contributed by atoms with Gasteiger partial charge < -0.3 is 5.32 Å². The summed E-state index contributed by atoms with van der Waals surface area (Å²) in [5.74, 6) is 0. The van der Waals surface area contributed by atoms with Crippen molar-refractivity contribution in [2.45, 2.75) is 47.6 Å². The summed E-state index contributed by atoms with van der Waals surface area (Å²) in [6, 6.07) is 16.3. The fourth-order valence-electron chi connectivity index (χ4n) is 3.70. The second kappa shape index (κ2) is 6.32. The molecule has 0 bridgehead atoms. The largest absolute Gasteiger partial charge is 0.383 e. The number of hydrogen-bond donors (Lipinski definition) is 1. The lowest BCUT2D eigenvalue weighted by atomic mass is 9.96. The van der Waals surface area contributed by atoms with Gasteiger partial charge in [0.05, 0.1) is 0 Å². The minimum Gasteiger partial charge on any atom is -0.383 e. The van der Waals surface area contributed by atoms with Gasteiger partial charge in [-0.2, -0.15) is 0 Å². The Kier molecular flexibility index (Phi) is 4.36. The second-order valence-electron chi connectivity index (χ2n) is 7.32. The van der Waals surface area contributed by atoms with E-state index in [9.17, 15) is 0 Å². The number of benzene rings is 1. The quantitative estimate of drug-likeness (QED) is 0.580. The molecule has 0 fully saturated rings. The van der Waals surface area contributed by atoms with Gasteiger partial charge in [0, 0.05) is 11.7 Å². The molecule has 0 aromatic heterocycles. The van der Waals surface area contributed by atoms with E-state index in [0.717, 1.165) is 0 Å². The maximum absolute atomic E-state index is 3.54. The van der Waals surface area contributed by atoms with Crippen LogP contribution in [0.5, 0.6) is 0 Å². The summed E-state index contributed by atoms with van der Waals surface area (Å²) < 4.78 is 0. The molecule has 0 spiro atoms. The highest BCUT2D eigenvalue weighted by Crippen LogP contribution is 2.40. The van der Waals surface area contributed by atoms with Crippen molar-refractivity contribution < 1.29 is 0 Å². The molecule has 0 saturated carbocycles. The first kappa shape index (κ1) is 16.6. The van der Waals surface area contributed by atoms with Gasteiger partial charge in [-0.3, -0.25) is 0 Å². The molecule has 0 saturated heterocycles. The van der Waals surface area contributed by atoms with Crippen LogP contribution >= 0.6 is 0 Å². The highest BCUT2D eigenvalue weighted by Gasteiger charge is 2.16. The van der Waals surface area contributed by atoms with Gasteiger partial charge in [-0.25, -0.2) is 0 Å². The van der Waals surface area contributed by atoms with Crippen LogP contribution in [0.2, 0.25) is 0 Å². The van der Waals surface area contributed by atoms with Gasteiger partial charge in [0.2, 0.25) is 0 Å². The normalized spacial score (nSPS) is 11.3. The van der Waals surface area contributed by atoms with Crippen molar-refractivity contribution in [1.82, 2.24) is 0 Å². The fourth-order valence-corrected chi connectivity index (χ4v) is 3.70. The molecule has 0 atom stereocenters. The lowest BCUT2D eigenvalue weighted by Gasteiger charge is -2.14. The van der Waals surface area contributed by atoms with Crippen molar-refractivity contribution in [1.29, 1.82) is 0 Å². The molecule has 1 aromatic rings. The Morgan fingerprint density at radius 3 is 2.04 bits per heavy atom. The van der Waals surface area contributed by atoms with Crippen molar-refractivity contribution in [3.63, 3.8) is 0 Å². The first-order valence-corrected chi connectivity index (χ1v) is 8.74. The van der Waals surface area contributed by atoms with Crippen LogP contribution in [-0.4, -0.2) is 6.04 Å². The van der Waals surface area contributed by atoms with Crippen LogP contribution in [0, 0.1) is 27.7 Å². The summed E-state index contributed by atoms with van der Waals surface area (Å²) in [6.07, 6.45) is 0. The third kappa shape index (κ3) is 3.17. The summed E-state index contributed by atoms with van der Waals surface area (Å²) in [5, 5.41) is 3.54. The zero-order valence-electron chi connectivity index (χ0n) is 15.6. The van der Waals surface area contributed by atoms with Crippen LogP contribution in [0.15, 0.2) is 42.5 Å². The van der Waals surface area contributed by atoms with E-state index < -0.39 is 0 Å². The number of fused-ring (bicyclic) bond motifs is 1. The molecule has 2 aliphatic rings. The summed E-state index contributed by atoms with van der Waals surface area (Å²) in [6.45, 7) is 13.1. The van der Waals surface area contributed by atoms with Crippen molar-refractivity contribution in [3.05, 3.63) is 64.7 Å². The van der Waals surface area contributed by atoms with E-state index in [-0.39, 0.29) is 0 Å². The molecule has 0 aliphatic heterocycles. The number of nitrogens with one attached hydrogen (secondary N) is 1. The molecular weight excluding hydrogens is 290 g/mol. The summed E-state index contributed by atoms with van der Waals surface area (Å²) in [7, 11) is 0. The monoisotopic (exact) mass is 317 g/mol. The highest BCUT2D eigenvalue weighted by atomic mass is 14.9. The SMILES string of the molecule is Cc1cc(NC(C)C)cc(-c2ccc3c(C)cc(C)cc(C)c2-3)c1. The second-order valence-corrected chi connectivity index (χ2v) is 7.32. The highest BCUT2D eigenvalue weighted by molar-refractivity contribution is 5.90. The van der Waals surface area contributed by atoms with Gasteiger partial charge in [-0.15, -0.1) is 0 Å². The topological polar surface area (TPSA) is 12.0 Å². The lowest BCUT2D eigenvalue weighted by molar-refractivity contribution is 0.899. The maximum Gasteiger partial charge on any atom is 0.0351 e. The molecule has 1 nitrogen and oxygen atoms in total. The molecular formula is C23H27N. The van der Waals surface area contributed by atoms with Gasteiger partial charge in [0.15, 0.2) is 0 Å². The number of rotatable bonds is 3. The average molecular weight is 317 g/mol. The van der Waals surface area contributed by atoms with Crippen LogP contribution in [-0.2, 0) is 0 Å².